The van der Waals surface area contributed by atoms with Crippen LogP contribution in [0.25, 0.3) is 11.5 Å². The molecule has 0 atom stereocenters. The molecule has 1 amide bonds. The van der Waals surface area contributed by atoms with Gasteiger partial charge in [-0.2, -0.15) is 4.98 Å². The SMILES string of the molecule is COCCc1noc(-c2ccccc2OC2CN(C(=O)c3ccccc3)C2)n1. The minimum Gasteiger partial charge on any atom is -0.486 e. The van der Waals surface area contributed by atoms with Gasteiger partial charge in [0.15, 0.2) is 5.82 Å². The van der Waals surface area contributed by atoms with Crippen molar-refractivity contribution in [2.24, 2.45) is 0 Å². The van der Waals surface area contributed by atoms with Crippen molar-refractivity contribution in [3.8, 4) is 17.2 Å². The molecular formula is C21H21N3O4. The summed E-state index contributed by atoms with van der Waals surface area (Å²) in [5.41, 5.74) is 1.43. The van der Waals surface area contributed by atoms with E-state index in [0.29, 0.717) is 49.1 Å². The molecule has 0 radical (unpaired) electrons. The second-order valence-electron chi connectivity index (χ2n) is 6.57. The van der Waals surface area contributed by atoms with Crippen molar-refractivity contribution in [2.75, 3.05) is 26.8 Å². The summed E-state index contributed by atoms with van der Waals surface area (Å²) in [7, 11) is 1.63. The number of rotatable bonds is 7. The summed E-state index contributed by atoms with van der Waals surface area (Å²) in [5, 5.41) is 3.98. The van der Waals surface area contributed by atoms with E-state index in [9.17, 15) is 4.79 Å². The minimum absolute atomic E-state index is 0.0217. The summed E-state index contributed by atoms with van der Waals surface area (Å²) in [6, 6.07) is 16.8. The highest BCUT2D eigenvalue weighted by Crippen LogP contribution is 2.31. The first-order chi connectivity index (χ1) is 13.7. The molecule has 144 valence electrons. The van der Waals surface area contributed by atoms with Crippen LogP contribution < -0.4 is 4.74 Å². The molecule has 28 heavy (non-hydrogen) atoms. The predicted molar refractivity (Wildman–Crippen MR) is 102 cm³/mol. The highest BCUT2D eigenvalue weighted by atomic mass is 16.5. The van der Waals surface area contributed by atoms with E-state index in [-0.39, 0.29) is 12.0 Å². The molecule has 1 aliphatic rings. The van der Waals surface area contributed by atoms with E-state index in [4.69, 9.17) is 14.0 Å². The van der Waals surface area contributed by atoms with Crippen LogP contribution in [0.5, 0.6) is 5.75 Å². The van der Waals surface area contributed by atoms with Gasteiger partial charge in [-0.3, -0.25) is 4.79 Å². The van der Waals surface area contributed by atoms with E-state index in [0.717, 1.165) is 5.56 Å². The number of ether oxygens (including phenoxy) is 2. The van der Waals surface area contributed by atoms with Crippen molar-refractivity contribution in [1.82, 2.24) is 15.0 Å². The molecule has 1 fully saturated rings. The van der Waals surface area contributed by atoms with Crippen LogP contribution in [-0.4, -0.2) is 53.9 Å². The Labute approximate surface area is 162 Å². The van der Waals surface area contributed by atoms with E-state index in [2.05, 4.69) is 10.1 Å². The quantitative estimate of drug-likeness (QED) is 0.628. The number of carbonyl (C=O) groups is 1. The molecule has 1 aromatic heterocycles. The third-order valence-corrected chi connectivity index (χ3v) is 4.56. The summed E-state index contributed by atoms with van der Waals surface area (Å²) in [6.45, 7) is 1.63. The molecule has 1 saturated heterocycles. The van der Waals surface area contributed by atoms with E-state index in [1.165, 1.54) is 0 Å². The monoisotopic (exact) mass is 379 g/mol. The molecule has 3 aromatic rings. The lowest BCUT2D eigenvalue weighted by Crippen LogP contribution is -2.56. The maximum Gasteiger partial charge on any atom is 0.261 e. The summed E-state index contributed by atoms with van der Waals surface area (Å²) in [4.78, 5) is 18.6. The normalized spacial score (nSPS) is 14.0. The molecule has 0 bridgehead atoms. The topological polar surface area (TPSA) is 77.7 Å². The Kier molecular flexibility index (Phi) is 5.34. The van der Waals surface area contributed by atoms with Crippen LogP contribution in [0.3, 0.4) is 0 Å². The average Bonchev–Trinajstić information content (AvgIpc) is 3.18. The smallest absolute Gasteiger partial charge is 0.261 e. The highest BCUT2D eigenvalue weighted by Gasteiger charge is 2.33. The van der Waals surface area contributed by atoms with Crippen molar-refractivity contribution < 1.29 is 18.8 Å². The fourth-order valence-electron chi connectivity index (χ4n) is 3.03. The highest BCUT2D eigenvalue weighted by molar-refractivity contribution is 5.94. The summed E-state index contributed by atoms with van der Waals surface area (Å²) >= 11 is 0. The van der Waals surface area contributed by atoms with E-state index in [1.54, 1.807) is 12.0 Å². The van der Waals surface area contributed by atoms with Crippen LogP contribution in [0, 0.1) is 0 Å². The molecular weight excluding hydrogens is 358 g/mol. The molecule has 2 aromatic carbocycles. The summed E-state index contributed by atoms with van der Waals surface area (Å²) in [5.74, 6) is 1.70. The standard InChI is InChI=1S/C21H21N3O4/c1-26-12-11-19-22-20(28-23-19)17-9-5-6-10-18(17)27-16-13-24(14-16)21(25)15-7-3-2-4-8-15/h2-10,16H,11-14H2,1H3. The number of hydrogen-bond donors (Lipinski definition) is 0. The number of para-hydroxylation sites is 1. The Hall–Kier alpha value is -3.19. The second kappa shape index (κ2) is 8.22. The van der Waals surface area contributed by atoms with Gasteiger partial charge < -0.3 is 18.9 Å². The molecule has 0 unspecified atom stereocenters. The summed E-state index contributed by atoms with van der Waals surface area (Å²) in [6.07, 6.45) is 0.520. The van der Waals surface area contributed by atoms with Crippen LogP contribution in [0.15, 0.2) is 59.1 Å². The number of methoxy groups -OCH3 is 1. The van der Waals surface area contributed by atoms with Crippen LogP contribution in [-0.2, 0) is 11.2 Å². The van der Waals surface area contributed by atoms with Gasteiger partial charge in [-0.25, -0.2) is 0 Å². The number of amides is 1. The molecule has 7 nitrogen and oxygen atoms in total. The van der Waals surface area contributed by atoms with Gasteiger partial charge >= 0.3 is 0 Å². The maximum absolute atomic E-state index is 12.4. The molecule has 0 saturated carbocycles. The predicted octanol–water partition coefficient (Wildman–Crippen LogP) is 2.83. The number of carbonyl (C=O) groups excluding carboxylic acids is 1. The number of nitrogens with zero attached hydrogens (tertiary/aromatic N) is 3. The second-order valence-corrected chi connectivity index (χ2v) is 6.57. The fraction of sp³-hybridized carbons (Fsp3) is 0.286. The van der Waals surface area contributed by atoms with Gasteiger partial charge in [-0.15, -0.1) is 0 Å². The lowest BCUT2D eigenvalue weighted by molar-refractivity contribution is 0.0179. The Morgan fingerprint density at radius 1 is 1.14 bits per heavy atom. The zero-order valence-corrected chi connectivity index (χ0v) is 15.6. The van der Waals surface area contributed by atoms with Crippen molar-refractivity contribution in [2.45, 2.75) is 12.5 Å². The zero-order valence-electron chi connectivity index (χ0n) is 15.6. The van der Waals surface area contributed by atoms with Crippen molar-refractivity contribution >= 4 is 5.91 Å². The molecule has 1 aliphatic heterocycles. The van der Waals surface area contributed by atoms with Gasteiger partial charge in [0.25, 0.3) is 11.8 Å². The first-order valence-corrected chi connectivity index (χ1v) is 9.16. The lowest BCUT2D eigenvalue weighted by Gasteiger charge is -2.39. The molecule has 7 heteroatoms. The van der Waals surface area contributed by atoms with Gasteiger partial charge in [-0.1, -0.05) is 35.5 Å². The molecule has 4 rings (SSSR count). The average molecular weight is 379 g/mol. The minimum atomic E-state index is -0.0651. The maximum atomic E-state index is 12.4. The van der Waals surface area contributed by atoms with E-state index < -0.39 is 0 Å². The Bertz CT molecular complexity index is 936. The zero-order chi connectivity index (χ0) is 19.3. The van der Waals surface area contributed by atoms with Crippen molar-refractivity contribution in [3.63, 3.8) is 0 Å². The Morgan fingerprint density at radius 3 is 2.68 bits per heavy atom. The van der Waals surface area contributed by atoms with Crippen LogP contribution in [0.2, 0.25) is 0 Å². The molecule has 2 heterocycles. The first-order valence-electron chi connectivity index (χ1n) is 9.16. The summed E-state index contributed by atoms with van der Waals surface area (Å²) < 4.78 is 16.5. The molecule has 0 N–H and O–H groups in total. The van der Waals surface area contributed by atoms with E-state index >= 15 is 0 Å². The number of benzene rings is 2. The largest absolute Gasteiger partial charge is 0.486 e. The third-order valence-electron chi connectivity index (χ3n) is 4.56. The molecule has 0 spiro atoms. The Morgan fingerprint density at radius 2 is 1.89 bits per heavy atom. The number of likely N-dealkylation sites (tertiary alicyclic amines) is 1. The van der Waals surface area contributed by atoms with Gasteiger partial charge in [-0.05, 0) is 24.3 Å². The van der Waals surface area contributed by atoms with Crippen molar-refractivity contribution in [3.05, 3.63) is 66.0 Å². The van der Waals surface area contributed by atoms with Crippen LogP contribution >= 0.6 is 0 Å². The lowest BCUT2D eigenvalue weighted by atomic mass is 10.1. The van der Waals surface area contributed by atoms with Gasteiger partial charge in [0, 0.05) is 19.1 Å². The third kappa shape index (κ3) is 3.89. The fourth-order valence-corrected chi connectivity index (χ4v) is 3.03. The van der Waals surface area contributed by atoms with Crippen LogP contribution in [0.4, 0.5) is 0 Å². The van der Waals surface area contributed by atoms with Gasteiger partial charge in [0.2, 0.25) is 0 Å². The first kappa shape index (κ1) is 18.2. The van der Waals surface area contributed by atoms with E-state index in [1.807, 2.05) is 54.6 Å². The number of aromatic nitrogens is 2. The van der Waals surface area contributed by atoms with Crippen molar-refractivity contribution in [1.29, 1.82) is 0 Å². The van der Waals surface area contributed by atoms with Gasteiger partial charge in [0.05, 0.1) is 25.3 Å². The number of hydrogen-bond acceptors (Lipinski definition) is 6. The Balaban J connectivity index is 1.40. The van der Waals surface area contributed by atoms with Crippen LogP contribution in [0.1, 0.15) is 16.2 Å². The molecule has 0 aliphatic carbocycles. The van der Waals surface area contributed by atoms with Gasteiger partial charge in [0.1, 0.15) is 11.9 Å².